The molecular weight excluding hydrogens is 396 g/mol. The van der Waals surface area contributed by atoms with Crippen molar-refractivity contribution >= 4 is 16.9 Å². The topological polar surface area (TPSA) is 63.0 Å². The standard InChI is InChI=1S/C25H34O4S/c1-15(26)30-18-6-9-22(2)16(12-18)4-5-20-19(22)7-10-23(3)24(27,17-8-11-28-14-17)13-21-25(20,23)29-21/h8,11,14,16,18-21,27H,4-7,9-10,12-13H2,1-3H3/t16?,18?,19-,20-,21?,22+,23-,24?,25+/m1/s1. The highest BCUT2D eigenvalue weighted by atomic mass is 32.2. The zero-order valence-electron chi connectivity index (χ0n) is 18.4. The second-order valence-corrected chi connectivity index (χ2v) is 12.8. The van der Waals surface area contributed by atoms with Crippen molar-refractivity contribution in [2.24, 2.45) is 28.6 Å². The van der Waals surface area contributed by atoms with Gasteiger partial charge in [-0.25, -0.2) is 0 Å². The lowest BCUT2D eigenvalue weighted by molar-refractivity contribution is -0.189. The minimum atomic E-state index is -0.846. The lowest BCUT2D eigenvalue weighted by atomic mass is 9.43. The fourth-order valence-electron chi connectivity index (χ4n) is 8.96. The molecule has 4 aliphatic carbocycles. The number of fused-ring (bicyclic) bond motifs is 3. The molecule has 4 nitrogen and oxygen atoms in total. The first-order chi connectivity index (χ1) is 14.2. The first-order valence-corrected chi connectivity index (χ1v) is 12.7. The van der Waals surface area contributed by atoms with Gasteiger partial charge in [0.15, 0.2) is 5.12 Å². The molecular formula is C25H34O4S. The molecule has 30 heavy (non-hydrogen) atoms. The van der Waals surface area contributed by atoms with E-state index in [0.29, 0.717) is 28.9 Å². The summed E-state index contributed by atoms with van der Waals surface area (Å²) >= 11 is 1.57. The number of carbonyl (C=O) groups is 1. The Bertz CT molecular complexity index is 869. The van der Waals surface area contributed by atoms with E-state index in [1.165, 1.54) is 32.1 Å². The van der Waals surface area contributed by atoms with Gasteiger partial charge in [0.25, 0.3) is 0 Å². The van der Waals surface area contributed by atoms with Crippen LogP contribution in [0, 0.1) is 28.6 Å². The van der Waals surface area contributed by atoms with Crippen LogP contribution >= 0.6 is 11.8 Å². The largest absolute Gasteiger partial charge is 0.472 e. The summed E-state index contributed by atoms with van der Waals surface area (Å²) in [5.74, 6) is 1.93. The number of ether oxygens (including phenoxy) is 1. The number of hydrogen-bond donors (Lipinski definition) is 1. The molecule has 1 saturated heterocycles. The van der Waals surface area contributed by atoms with Crippen molar-refractivity contribution in [2.45, 2.75) is 94.7 Å². The molecule has 1 aromatic heterocycles. The Balaban J connectivity index is 1.31. The molecule has 164 valence electrons. The Labute approximate surface area is 183 Å². The summed E-state index contributed by atoms with van der Waals surface area (Å²) in [6.07, 6.45) is 12.5. The lowest BCUT2D eigenvalue weighted by Gasteiger charge is -2.62. The number of thioether (sulfide) groups is 1. The Morgan fingerprint density at radius 2 is 2.00 bits per heavy atom. The maximum absolute atomic E-state index is 11.9. The molecule has 5 fully saturated rings. The Kier molecular flexibility index (Phi) is 4.09. The highest BCUT2D eigenvalue weighted by Gasteiger charge is 2.84. The quantitative estimate of drug-likeness (QED) is 0.646. The third kappa shape index (κ3) is 2.25. The van der Waals surface area contributed by atoms with Gasteiger partial charge in [-0.05, 0) is 74.2 Å². The zero-order valence-corrected chi connectivity index (χ0v) is 19.2. The first-order valence-electron chi connectivity index (χ1n) is 11.8. The van der Waals surface area contributed by atoms with Gasteiger partial charge < -0.3 is 14.3 Å². The molecule has 5 heteroatoms. The van der Waals surface area contributed by atoms with E-state index >= 15 is 0 Å². The molecule has 0 radical (unpaired) electrons. The summed E-state index contributed by atoms with van der Waals surface area (Å²) in [7, 11) is 0. The second kappa shape index (κ2) is 6.17. The van der Waals surface area contributed by atoms with Gasteiger partial charge in [-0.3, -0.25) is 4.79 Å². The summed E-state index contributed by atoms with van der Waals surface area (Å²) in [6, 6.07) is 1.95. The minimum Gasteiger partial charge on any atom is -0.472 e. The van der Waals surface area contributed by atoms with Gasteiger partial charge in [0.2, 0.25) is 0 Å². The van der Waals surface area contributed by atoms with Crippen molar-refractivity contribution in [3.05, 3.63) is 24.2 Å². The molecule has 9 atom stereocenters. The predicted molar refractivity (Wildman–Crippen MR) is 116 cm³/mol. The summed E-state index contributed by atoms with van der Waals surface area (Å²) in [5, 5.41) is 12.7. The van der Waals surface area contributed by atoms with E-state index in [0.717, 1.165) is 24.3 Å². The highest BCUT2D eigenvalue weighted by Crippen LogP contribution is 2.79. The van der Waals surface area contributed by atoms with E-state index in [-0.39, 0.29) is 22.2 Å². The molecule has 1 N–H and O–H groups in total. The lowest BCUT2D eigenvalue weighted by Crippen LogP contribution is -2.61. The summed E-state index contributed by atoms with van der Waals surface area (Å²) < 4.78 is 11.9. The molecule has 1 aromatic rings. The van der Waals surface area contributed by atoms with Gasteiger partial charge in [0.1, 0.15) is 11.2 Å². The van der Waals surface area contributed by atoms with Crippen molar-refractivity contribution in [3.63, 3.8) is 0 Å². The molecule has 0 amide bonds. The first kappa shape index (κ1) is 19.9. The molecule has 4 saturated carbocycles. The second-order valence-electron chi connectivity index (χ2n) is 11.3. The van der Waals surface area contributed by atoms with Gasteiger partial charge in [0, 0.05) is 29.6 Å². The Hall–Kier alpha value is -0.780. The van der Waals surface area contributed by atoms with Gasteiger partial charge in [-0.15, -0.1) is 0 Å². The van der Waals surface area contributed by atoms with Crippen LogP contribution in [0.5, 0.6) is 0 Å². The normalized spacial score (nSPS) is 53.9. The van der Waals surface area contributed by atoms with E-state index < -0.39 is 5.60 Å². The number of rotatable bonds is 2. The van der Waals surface area contributed by atoms with Crippen molar-refractivity contribution in [1.82, 2.24) is 0 Å². The minimum absolute atomic E-state index is 0.166. The number of carbonyl (C=O) groups excluding carboxylic acids is 1. The SMILES string of the molecule is CC(=O)SC1CC[C@@]2(C)C(CC[C@@H]3[C@H]2CC[C@]2(C)C(O)(c4ccoc4)CC4O[C@]432)C1. The average molecular weight is 431 g/mol. The third-order valence-corrected chi connectivity index (χ3v) is 11.6. The smallest absolute Gasteiger partial charge is 0.186 e. The molecule has 0 bridgehead atoms. The molecule has 0 aromatic carbocycles. The van der Waals surface area contributed by atoms with Crippen LogP contribution in [-0.2, 0) is 15.1 Å². The van der Waals surface area contributed by atoms with Crippen LogP contribution in [0.3, 0.4) is 0 Å². The van der Waals surface area contributed by atoms with Crippen molar-refractivity contribution in [1.29, 1.82) is 0 Å². The monoisotopic (exact) mass is 430 g/mol. The van der Waals surface area contributed by atoms with Crippen molar-refractivity contribution < 1.29 is 19.1 Å². The third-order valence-electron chi connectivity index (χ3n) is 10.5. The van der Waals surface area contributed by atoms with Crippen LogP contribution < -0.4 is 0 Å². The number of epoxide rings is 1. The van der Waals surface area contributed by atoms with Crippen LogP contribution in [0.4, 0.5) is 0 Å². The van der Waals surface area contributed by atoms with E-state index in [1.54, 1.807) is 31.2 Å². The van der Waals surface area contributed by atoms with Crippen LogP contribution in [0.25, 0.3) is 0 Å². The molecule has 6 rings (SSSR count). The molecule has 1 aliphatic heterocycles. The molecule has 4 unspecified atom stereocenters. The number of furan rings is 1. The van der Waals surface area contributed by atoms with E-state index in [1.807, 2.05) is 6.07 Å². The van der Waals surface area contributed by atoms with Gasteiger partial charge in [0.05, 0.1) is 18.6 Å². The number of aliphatic hydroxyl groups is 1. The van der Waals surface area contributed by atoms with Crippen LogP contribution in [-0.4, -0.2) is 27.2 Å². The summed E-state index contributed by atoms with van der Waals surface area (Å²) in [6.45, 7) is 6.54. The number of hydrogen-bond acceptors (Lipinski definition) is 5. The van der Waals surface area contributed by atoms with Crippen molar-refractivity contribution in [2.75, 3.05) is 0 Å². The predicted octanol–water partition coefficient (Wildman–Crippen LogP) is 5.29. The van der Waals surface area contributed by atoms with Gasteiger partial charge in [-0.1, -0.05) is 25.6 Å². The average Bonchev–Trinajstić information content (AvgIpc) is 3.07. The van der Waals surface area contributed by atoms with E-state index in [9.17, 15) is 9.90 Å². The molecule has 2 heterocycles. The van der Waals surface area contributed by atoms with Gasteiger partial charge in [-0.2, -0.15) is 0 Å². The fraction of sp³-hybridized carbons (Fsp3) is 0.800. The summed E-state index contributed by atoms with van der Waals surface area (Å²) in [4.78, 5) is 11.7. The molecule has 5 aliphatic rings. The Morgan fingerprint density at radius 1 is 1.17 bits per heavy atom. The van der Waals surface area contributed by atoms with Crippen LogP contribution in [0.2, 0.25) is 0 Å². The van der Waals surface area contributed by atoms with E-state index in [2.05, 4.69) is 13.8 Å². The molecule has 1 spiro atoms. The maximum Gasteiger partial charge on any atom is 0.186 e. The van der Waals surface area contributed by atoms with Crippen LogP contribution in [0.1, 0.15) is 77.7 Å². The van der Waals surface area contributed by atoms with Gasteiger partial charge >= 0.3 is 0 Å². The highest BCUT2D eigenvalue weighted by molar-refractivity contribution is 8.14. The van der Waals surface area contributed by atoms with Crippen molar-refractivity contribution in [3.8, 4) is 0 Å². The summed E-state index contributed by atoms with van der Waals surface area (Å²) in [5.41, 5.74) is 0.0167. The zero-order chi connectivity index (χ0) is 20.9. The Morgan fingerprint density at radius 3 is 2.73 bits per heavy atom. The van der Waals surface area contributed by atoms with E-state index in [4.69, 9.17) is 9.15 Å². The van der Waals surface area contributed by atoms with Crippen LogP contribution in [0.15, 0.2) is 23.0 Å². The fourth-order valence-corrected chi connectivity index (χ4v) is 9.99. The maximum atomic E-state index is 11.9.